The number of hydrogen-bond acceptors (Lipinski definition) is 7. The first-order valence-corrected chi connectivity index (χ1v) is 11.4. The first-order chi connectivity index (χ1) is 18.1. The van der Waals surface area contributed by atoms with Crippen molar-refractivity contribution in [3.8, 4) is 34.5 Å². The van der Waals surface area contributed by atoms with E-state index in [1.54, 1.807) is 24.3 Å². The van der Waals surface area contributed by atoms with Crippen molar-refractivity contribution >= 4 is 11.6 Å². The first-order valence-electron chi connectivity index (χ1n) is 11.4. The summed E-state index contributed by atoms with van der Waals surface area (Å²) in [5, 5.41) is 10.4. The molecule has 38 heavy (non-hydrogen) atoms. The van der Waals surface area contributed by atoms with Gasteiger partial charge in [-0.05, 0) is 42.0 Å². The zero-order valence-electron chi connectivity index (χ0n) is 21.0. The van der Waals surface area contributed by atoms with Crippen molar-refractivity contribution in [2.75, 3.05) is 39.9 Å². The average Bonchev–Trinajstić information content (AvgIpc) is 2.90. The third kappa shape index (κ3) is 4.96. The van der Waals surface area contributed by atoms with Crippen LogP contribution in [0.5, 0.6) is 34.5 Å². The van der Waals surface area contributed by atoms with Gasteiger partial charge in [-0.2, -0.15) is 13.2 Å². The van der Waals surface area contributed by atoms with Crippen LogP contribution in [0.4, 0.5) is 18.9 Å². The number of anilines is 1. The van der Waals surface area contributed by atoms with E-state index in [1.807, 2.05) is 0 Å². The first kappa shape index (κ1) is 26.8. The van der Waals surface area contributed by atoms with E-state index in [4.69, 9.17) is 23.7 Å². The van der Waals surface area contributed by atoms with Gasteiger partial charge in [-0.15, -0.1) is 0 Å². The maximum atomic E-state index is 13.4. The van der Waals surface area contributed by atoms with E-state index in [0.29, 0.717) is 28.5 Å². The minimum absolute atomic E-state index is 0.109. The molecule has 8 nitrogen and oxygen atoms in total. The van der Waals surface area contributed by atoms with Crippen molar-refractivity contribution in [2.24, 2.45) is 5.92 Å². The lowest BCUT2D eigenvalue weighted by atomic mass is 9.82. The maximum absolute atomic E-state index is 13.4. The quantitative estimate of drug-likeness (QED) is 0.377. The number of hydrogen-bond donors (Lipinski definition) is 1. The molecule has 1 aliphatic rings. The third-order valence-corrected chi connectivity index (χ3v) is 6.30. The number of aromatic hydroxyl groups is 1. The van der Waals surface area contributed by atoms with Crippen LogP contribution in [0.1, 0.15) is 17.2 Å². The summed E-state index contributed by atoms with van der Waals surface area (Å²) in [6.07, 6.45) is -4.47. The van der Waals surface area contributed by atoms with Crippen molar-refractivity contribution in [2.45, 2.75) is 12.2 Å². The fraction of sp³-hybridized carbons (Fsp3) is 0.296. The molecular formula is C27H26F3NO7. The smallest absolute Gasteiger partial charge is 0.416 e. The van der Waals surface area contributed by atoms with E-state index >= 15 is 0 Å². The van der Waals surface area contributed by atoms with Crippen molar-refractivity contribution in [1.29, 1.82) is 0 Å². The van der Waals surface area contributed by atoms with Crippen molar-refractivity contribution in [1.82, 2.24) is 0 Å². The lowest BCUT2D eigenvalue weighted by Gasteiger charge is -2.47. The van der Waals surface area contributed by atoms with Crippen molar-refractivity contribution in [3.63, 3.8) is 0 Å². The number of amides is 1. The summed E-state index contributed by atoms with van der Waals surface area (Å²) in [6, 6.07) is 11.7. The number of phenols is 1. The predicted octanol–water partition coefficient (Wildman–Crippen LogP) is 5.23. The van der Waals surface area contributed by atoms with E-state index in [1.165, 1.54) is 51.5 Å². The molecule has 0 saturated carbocycles. The van der Waals surface area contributed by atoms with Gasteiger partial charge in [-0.1, -0.05) is 6.07 Å². The van der Waals surface area contributed by atoms with Gasteiger partial charge in [-0.25, -0.2) is 0 Å². The van der Waals surface area contributed by atoms with E-state index < -0.39 is 23.7 Å². The van der Waals surface area contributed by atoms with Gasteiger partial charge in [0, 0.05) is 12.1 Å². The Morgan fingerprint density at radius 2 is 1.45 bits per heavy atom. The van der Waals surface area contributed by atoms with Crippen LogP contribution in [0.25, 0.3) is 0 Å². The molecule has 3 aromatic carbocycles. The zero-order valence-corrected chi connectivity index (χ0v) is 21.0. The molecule has 0 aromatic heterocycles. The molecule has 1 fully saturated rings. The fourth-order valence-corrected chi connectivity index (χ4v) is 4.40. The molecule has 4 rings (SSSR count). The van der Waals surface area contributed by atoms with Crippen molar-refractivity contribution < 1.29 is 46.8 Å². The second-order valence-corrected chi connectivity index (χ2v) is 8.41. The summed E-state index contributed by atoms with van der Waals surface area (Å²) >= 11 is 0. The largest absolute Gasteiger partial charge is 0.504 e. The lowest BCUT2D eigenvalue weighted by Crippen LogP contribution is -2.57. The molecule has 0 spiro atoms. The molecule has 0 bridgehead atoms. The molecule has 1 N–H and O–H groups in total. The van der Waals surface area contributed by atoms with Crippen LogP contribution in [0.15, 0.2) is 54.6 Å². The molecule has 2 atom stereocenters. The Morgan fingerprint density at radius 1 is 0.842 bits per heavy atom. The van der Waals surface area contributed by atoms with Gasteiger partial charge in [0.2, 0.25) is 11.7 Å². The Morgan fingerprint density at radius 3 is 1.95 bits per heavy atom. The molecule has 11 heteroatoms. The minimum Gasteiger partial charge on any atom is -0.504 e. The number of halogens is 3. The number of β-lactam (4-membered cyclic amide) rings is 1. The van der Waals surface area contributed by atoms with Gasteiger partial charge >= 0.3 is 6.18 Å². The molecule has 1 aliphatic heterocycles. The van der Waals surface area contributed by atoms with Crippen LogP contribution in [0.3, 0.4) is 0 Å². The summed E-state index contributed by atoms with van der Waals surface area (Å²) in [5.41, 5.74) is 0.248. The average molecular weight is 533 g/mol. The highest BCUT2D eigenvalue weighted by Crippen LogP contribution is 2.49. The van der Waals surface area contributed by atoms with Crippen LogP contribution in [0, 0.1) is 5.92 Å². The molecule has 1 amide bonds. The van der Waals surface area contributed by atoms with Gasteiger partial charge in [0.1, 0.15) is 12.4 Å². The van der Waals surface area contributed by atoms with Crippen molar-refractivity contribution in [3.05, 3.63) is 65.7 Å². The molecular weight excluding hydrogens is 507 g/mol. The summed E-state index contributed by atoms with van der Waals surface area (Å²) in [4.78, 5) is 14.9. The normalized spacial score (nSPS) is 17.0. The summed E-state index contributed by atoms with van der Waals surface area (Å²) in [6.45, 7) is -0.109. The van der Waals surface area contributed by atoms with E-state index in [2.05, 4.69) is 0 Å². The van der Waals surface area contributed by atoms with Crippen LogP contribution in [-0.4, -0.2) is 46.1 Å². The second kappa shape index (κ2) is 10.6. The van der Waals surface area contributed by atoms with Gasteiger partial charge in [0.05, 0.1) is 51.6 Å². The van der Waals surface area contributed by atoms with Gasteiger partial charge < -0.3 is 33.7 Å². The van der Waals surface area contributed by atoms with Gasteiger partial charge in [0.15, 0.2) is 23.0 Å². The third-order valence-electron chi connectivity index (χ3n) is 6.30. The molecule has 0 unspecified atom stereocenters. The molecule has 0 aliphatic carbocycles. The second-order valence-electron chi connectivity index (χ2n) is 8.41. The molecule has 3 aromatic rings. The topological polar surface area (TPSA) is 86.7 Å². The van der Waals surface area contributed by atoms with Crippen LogP contribution < -0.4 is 28.6 Å². The Balaban J connectivity index is 1.67. The Hall–Kier alpha value is -4.28. The van der Waals surface area contributed by atoms with E-state index in [9.17, 15) is 23.1 Å². The van der Waals surface area contributed by atoms with Gasteiger partial charge in [0.25, 0.3) is 0 Å². The number of carbonyl (C=O) groups excluding carboxylic acids is 1. The summed E-state index contributed by atoms with van der Waals surface area (Å²) in [7, 11) is 5.80. The maximum Gasteiger partial charge on any atom is 0.416 e. The number of nitrogens with zero attached hydrogens (tertiary/aromatic N) is 1. The number of rotatable bonds is 9. The summed E-state index contributed by atoms with van der Waals surface area (Å²) < 4.78 is 65.7. The van der Waals surface area contributed by atoms with Crippen LogP contribution in [0.2, 0.25) is 0 Å². The SMILES string of the molecule is COc1ccc([C@H]2[C@H](COc3ccc(C(F)(F)F)cc3)C(=O)N2c2cc(OC)c(OC)c(OC)c2)cc1O. The molecule has 202 valence electrons. The molecule has 0 radical (unpaired) electrons. The number of carbonyl (C=O) groups is 1. The Bertz CT molecular complexity index is 1290. The van der Waals surface area contributed by atoms with Crippen LogP contribution in [-0.2, 0) is 11.0 Å². The van der Waals surface area contributed by atoms with Crippen LogP contribution >= 0.6 is 0 Å². The standard InChI is InChI=1S/C27H26F3NO7/c1-34-21-10-5-15(11-20(21)32)24-19(14-38-18-8-6-16(7-9-18)27(28,29)30)26(33)31(24)17-12-22(35-2)25(37-4)23(13-17)36-3/h5-13,19,24,32H,14H2,1-4H3/t19-,24-/m0/s1. The molecule has 1 heterocycles. The number of ether oxygens (including phenoxy) is 5. The highest BCUT2D eigenvalue weighted by atomic mass is 19.4. The number of phenolic OH excluding ortho intramolecular Hbond substituents is 1. The number of methoxy groups -OCH3 is 4. The highest BCUT2D eigenvalue weighted by molar-refractivity contribution is 6.04. The lowest BCUT2D eigenvalue weighted by molar-refractivity contribution is -0.137. The number of benzene rings is 3. The zero-order chi connectivity index (χ0) is 27.6. The summed E-state index contributed by atoms with van der Waals surface area (Å²) in [5.74, 6) is 0.371. The highest BCUT2D eigenvalue weighted by Gasteiger charge is 2.50. The molecule has 1 saturated heterocycles. The Kier molecular flexibility index (Phi) is 7.47. The van der Waals surface area contributed by atoms with E-state index in [0.717, 1.165) is 12.1 Å². The predicted molar refractivity (Wildman–Crippen MR) is 131 cm³/mol. The number of alkyl halides is 3. The fourth-order valence-electron chi connectivity index (χ4n) is 4.40. The monoisotopic (exact) mass is 533 g/mol. The Labute approximate surface area is 217 Å². The minimum atomic E-state index is -4.47. The van der Waals surface area contributed by atoms with E-state index in [-0.39, 0.29) is 29.8 Å². The van der Waals surface area contributed by atoms with Gasteiger partial charge in [-0.3, -0.25) is 4.79 Å².